The molecule has 54 valence electrons. The van der Waals surface area contributed by atoms with Crippen LogP contribution in [0.5, 0.6) is 0 Å². The number of rotatable bonds is 2. The molecule has 0 aromatic heterocycles. The molecular weight excluding hydrogens is 118 g/mol. The number of hydrogen-bond donors (Lipinski definition) is 3. The first-order valence-corrected chi connectivity index (χ1v) is 3.36. The molecule has 3 nitrogen and oxygen atoms in total. The topological polar surface area (TPSA) is 52.5 Å². The van der Waals surface area contributed by atoms with Crippen molar-refractivity contribution in [1.82, 2.24) is 5.32 Å². The van der Waals surface area contributed by atoms with Crippen molar-refractivity contribution < 1.29 is 10.2 Å². The van der Waals surface area contributed by atoms with Gasteiger partial charge in [0.1, 0.15) is 0 Å². The lowest BCUT2D eigenvalue weighted by atomic mass is 10.1. The molecule has 0 bridgehead atoms. The van der Waals surface area contributed by atoms with Crippen molar-refractivity contribution in [2.24, 2.45) is 5.92 Å². The molecule has 1 fully saturated rings. The van der Waals surface area contributed by atoms with Gasteiger partial charge in [0, 0.05) is 6.42 Å². The third kappa shape index (κ3) is 2.30. The summed E-state index contributed by atoms with van der Waals surface area (Å²) in [5.74, 6) is 0.477. The normalized spacial score (nSPS) is 27.7. The molecule has 1 aliphatic heterocycles. The zero-order valence-electron chi connectivity index (χ0n) is 5.38. The summed E-state index contributed by atoms with van der Waals surface area (Å²) in [6, 6.07) is 0. The van der Waals surface area contributed by atoms with E-state index >= 15 is 0 Å². The Kier molecular flexibility index (Phi) is 2.45. The number of hydrogen-bond acceptors (Lipinski definition) is 3. The van der Waals surface area contributed by atoms with E-state index in [1.165, 1.54) is 0 Å². The first-order valence-electron chi connectivity index (χ1n) is 3.36. The Morgan fingerprint density at radius 2 is 2.33 bits per heavy atom. The second-order valence-electron chi connectivity index (χ2n) is 2.58. The Balaban J connectivity index is 2.11. The zero-order chi connectivity index (χ0) is 6.69. The number of nitrogens with one attached hydrogen (secondary N) is 1. The molecule has 0 amide bonds. The Morgan fingerprint density at radius 3 is 2.78 bits per heavy atom. The van der Waals surface area contributed by atoms with Crippen LogP contribution in [0.15, 0.2) is 0 Å². The predicted molar refractivity (Wildman–Crippen MR) is 33.8 cm³/mol. The molecule has 0 unspecified atom stereocenters. The van der Waals surface area contributed by atoms with Crippen LogP contribution in [0.3, 0.4) is 0 Å². The van der Waals surface area contributed by atoms with E-state index in [4.69, 9.17) is 10.2 Å². The van der Waals surface area contributed by atoms with E-state index in [1.807, 2.05) is 0 Å². The minimum absolute atomic E-state index is 0.477. The molecule has 3 N–H and O–H groups in total. The van der Waals surface area contributed by atoms with Crippen LogP contribution in [0, 0.1) is 5.92 Å². The van der Waals surface area contributed by atoms with Gasteiger partial charge in [-0.15, -0.1) is 0 Å². The maximum Gasteiger partial charge on any atom is 0.151 e. The van der Waals surface area contributed by atoms with E-state index in [1.54, 1.807) is 0 Å². The van der Waals surface area contributed by atoms with Crippen molar-refractivity contribution in [3.63, 3.8) is 0 Å². The molecule has 1 rings (SSSR count). The third-order valence-electron chi connectivity index (χ3n) is 1.71. The minimum Gasteiger partial charge on any atom is -0.368 e. The van der Waals surface area contributed by atoms with Gasteiger partial charge in [0.25, 0.3) is 0 Å². The van der Waals surface area contributed by atoms with Crippen LogP contribution in [0.25, 0.3) is 0 Å². The van der Waals surface area contributed by atoms with Crippen LogP contribution in [-0.2, 0) is 0 Å². The van der Waals surface area contributed by atoms with Crippen LogP contribution >= 0.6 is 0 Å². The number of aliphatic hydroxyl groups is 2. The highest BCUT2D eigenvalue weighted by molar-refractivity contribution is 4.70. The van der Waals surface area contributed by atoms with Crippen molar-refractivity contribution in [3.05, 3.63) is 0 Å². The summed E-state index contributed by atoms with van der Waals surface area (Å²) in [6.07, 6.45) is 0.486. The molecule has 0 spiro atoms. The zero-order valence-corrected chi connectivity index (χ0v) is 5.38. The van der Waals surface area contributed by atoms with Gasteiger partial charge in [-0.1, -0.05) is 0 Å². The van der Waals surface area contributed by atoms with Gasteiger partial charge in [0.2, 0.25) is 0 Å². The Morgan fingerprint density at radius 1 is 1.56 bits per heavy atom. The Bertz CT molecular complexity index is 79.1. The smallest absolute Gasteiger partial charge is 0.151 e. The van der Waals surface area contributed by atoms with Gasteiger partial charge in [0.05, 0.1) is 0 Å². The van der Waals surface area contributed by atoms with Crippen molar-refractivity contribution in [2.75, 3.05) is 13.1 Å². The molecular formula is C6H13NO2. The van der Waals surface area contributed by atoms with Crippen LogP contribution in [0.4, 0.5) is 0 Å². The molecule has 0 saturated carbocycles. The highest BCUT2D eigenvalue weighted by atomic mass is 16.5. The second-order valence-corrected chi connectivity index (χ2v) is 2.58. The van der Waals surface area contributed by atoms with Gasteiger partial charge in [-0.2, -0.15) is 0 Å². The summed E-state index contributed by atoms with van der Waals surface area (Å²) in [5, 5.41) is 20.2. The summed E-state index contributed by atoms with van der Waals surface area (Å²) < 4.78 is 0. The molecule has 1 saturated heterocycles. The Hall–Kier alpha value is -0.120. The van der Waals surface area contributed by atoms with Crippen LogP contribution in [0.1, 0.15) is 12.8 Å². The van der Waals surface area contributed by atoms with Gasteiger partial charge in [0.15, 0.2) is 6.29 Å². The molecule has 0 aromatic carbocycles. The van der Waals surface area contributed by atoms with Crippen LogP contribution < -0.4 is 5.32 Å². The molecule has 1 aliphatic rings. The van der Waals surface area contributed by atoms with Gasteiger partial charge in [-0.25, -0.2) is 0 Å². The van der Waals surface area contributed by atoms with E-state index in [-0.39, 0.29) is 0 Å². The van der Waals surface area contributed by atoms with Crippen LogP contribution in [-0.4, -0.2) is 29.6 Å². The first kappa shape index (κ1) is 6.99. The maximum atomic E-state index is 8.54. The molecule has 0 aliphatic carbocycles. The van der Waals surface area contributed by atoms with Crippen molar-refractivity contribution in [1.29, 1.82) is 0 Å². The number of aliphatic hydroxyl groups excluding tert-OH is 1. The SMILES string of the molecule is OC(O)C[C@@H]1CCNC1. The lowest BCUT2D eigenvalue weighted by Gasteiger charge is -2.08. The predicted octanol–water partition coefficient (Wildman–Crippen LogP) is -0.703. The molecule has 0 aromatic rings. The second kappa shape index (κ2) is 3.15. The fraction of sp³-hybridized carbons (Fsp3) is 1.00. The largest absolute Gasteiger partial charge is 0.368 e. The van der Waals surface area contributed by atoms with E-state index in [9.17, 15) is 0 Å². The van der Waals surface area contributed by atoms with Crippen molar-refractivity contribution in [3.8, 4) is 0 Å². The standard InChI is InChI=1S/C6H13NO2/c8-6(9)3-5-1-2-7-4-5/h5-9H,1-4H2/t5-/m0/s1. The highest BCUT2D eigenvalue weighted by Gasteiger charge is 2.16. The van der Waals surface area contributed by atoms with E-state index in [0.29, 0.717) is 12.3 Å². The quantitative estimate of drug-likeness (QED) is 0.434. The van der Waals surface area contributed by atoms with Gasteiger partial charge in [-0.3, -0.25) is 0 Å². The summed E-state index contributed by atoms with van der Waals surface area (Å²) in [4.78, 5) is 0. The first-order chi connectivity index (χ1) is 4.29. The van der Waals surface area contributed by atoms with Crippen molar-refractivity contribution >= 4 is 0 Å². The summed E-state index contributed by atoms with van der Waals surface area (Å²) in [6.45, 7) is 1.97. The lowest BCUT2D eigenvalue weighted by Crippen LogP contribution is -2.15. The molecule has 1 atom stereocenters. The molecule has 1 heterocycles. The van der Waals surface area contributed by atoms with Crippen LogP contribution in [0.2, 0.25) is 0 Å². The third-order valence-corrected chi connectivity index (χ3v) is 1.71. The van der Waals surface area contributed by atoms with E-state index in [2.05, 4.69) is 5.32 Å². The average molecular weight is 131 g/mol. The molecule has 3 heteroatoms. The van der Waals surface area contributed by atoms with Gasteiger partial charge >= 0.3 is 0 Å². The highest BCUT2D eigenvalue weighted by Crippen LogP contribution is 2.12. The van der Waals surface area contributed by atoms with Crippen molar-refractivity contribution in [2.45, 2.75) is 19.1 Å². The fourth-order valence-electron chi connectivity index (χ4n) is 1.21. The van der Waals surface area contributed by atoms with E-state index < -0.39 is 6.29 Å². The fourth-order valence-corrected chi connectivity index (χ4v) is 1.21. The summed E-state index contributed by atoms with van der Waals surface area (Å²) in [5.41, 5.74) is 0. The molecule has 0 radical (unpaired) electrons. The lowest BCUT2D eigenvalue weighted by molar-refractivity contribution is -0.0543. The van der Waals surface area contributed by atoms with Gasteiger partial charge in [-0.05, 0) is 25.4 Å². The maximum absolute atomic E-state index is 8.54. The molecule has 9 heavy (non-hydrogen) atoms. The average Bonchev–Trinajstić information content (AvgIpc) is 2.15. The summed E-state index contributed by atoms with van der Waals surface area (Å²) in [7, 11) is 0. The van der Waals surface area contributed by atoms with Gasteiger partial charge < -0.3 is 15.5 Å². The Labute approximate surface area is 54.7 Å². The monoisotopic (exact) mass is 131 g/mol. The summed E-state index contributed by atoms with van der Waals surface area (Å²) >= 11 is 0. The van der Waals surface area contributed by atoms with E-state index in [0.717, 1.165) is 19.5 Å². The minimum atomic E-state index is -1.12.